The molecule has 2 aromatic heterocycles. The standard InChI is InChI=1S/C24H33N7O4/c1-23(2,3)31(22(34)35-24(4,5)6)20(29-21(32)33)26-12-9-13-30-14-27-17-18(30)15-10-7-8-11-16(15)28-19(17)25/h7-8,10-11,14H,9,12-13H2,1-6H3,(H2,25,28)(H,26,29)(H,32,33). The lowest BCUT2D eigenvalue weighted by Crippen LogP contribution is -2.56. The van der Waals surface area contributed by atoms with Crippen molar-refractivity contribution < 1.29 is 19.4 Å². The van der Waals surface area contributed by atoms with Gasteiger partial charge in [-0.15, -0.1) is 0 Å². The van der Waals surface area contributed by atoms with Gasteiger partial charge in [-0.3, -0.25) is 10.3 Å². The molecule has 0 bridgehead atoms. The molecular formula is C24H33N7O4. The minimum atomic E-state index is -1.32. The third kappa shape index (κ3) is 6.17. The van der Waals surface area contributed by atoms with Crippen LogP contribution in [0.5, 0.6) is 0 Å². The van der Waals surface area contributed by atoms with E-state index in [1.54, 1.807) is 47.9 Å². The van der Waals surface area contributed by atoms with Gasteiger partial charge in [-0.05, 0) is 54.0 Å². The number of fused-ring (bicyclic) bond motifs is 3. The minimum absolute atomic E-state index is 0.0892. The molecule has 4 N–H and O–H groups in total. The smallest absolute Gasteiger partial charge is 0.417 e. The summed E-state index contributed by atoms with van der Waals surface area (Å²) in [5, 5.41) is 12.6. The second kappa shape index (κ2) is 9.77. The van der Waals surface area contributed by atoms with E-state index < -0.39 is 23.3 Å². The van der Waals surface area contributed by atoms with Crippen LogP contribution in [0, 0.1) is 0 Å². The number of carbonyl (C=O) groups excluding carboxylic acids is 1. The molecule has 0 aliphatic carbocycles. The van der Waals surface area contributed by atoms with Crippen molar-refractivity contribution in [2.75, 3.05) is 12.3 Å². The van der Waals surface area contributed by atoms with Gasteiger partial charge in [0.05, 0.1) is 17.4 Å². The van der Waals surface area contributed by atoms with E-state index in [0.29, 0.717) is 24.3 Å². The lowest BCUT2D eigenvalue weighted by atomic mass is 10.1. The zero-order valence-electron chi connectivity index (χ0n) is 21.0. The van der Waals surface area contributed by atoms with Crippen molar-refractivity contribution in [3.8, 4) is 0 Å². The highest BCUT2D eigenvalue weighted by molar-refractivity contribution is 6.06. The normalized spacial score (nSPS) is 12.7. The van der Waals surface area contributed by atoms with Gasteiger partial charge in [0.15, 0.2) is 5.82 Å². The number of nitrogens with zero attached hydrogens (tertiary/aromatic N) is 5. The number of hydrogen-bond acceptors (Lipinski definition) is 7. The number of carbonyl (C=O) groups is 2. The van der Waals surface area contributed by atoms with E-state index in [2.05, 4.69) is 20.3 Å². The predicted molar refractivity (Wildman–Crippen MR) is 135 cm³/mol. The lowest BCUT2D eigenvalue weighted by molar-refractivity contribution is 0.0242. The first-order chi connectivity index (χ1) is 16.3. The number of benzene rings is 1. The summed E-state index contributed by atoms with van der Waals surface area (Å²) in [6.45, 7) is 11.4. The van der Waals surface area contributed by atoms with Gasteiger partial charge < -0.3 is 20.1 Å². The van der Waals surface area contributed by atoms with Crippen molar-refractivity contribution in [2.24, 2.45) is 4.99 Å². The molecule has 0 aliphatic heterocycles. The second-order valence-corrected chi connectivity index (χ2v) is 10.1. The fourth-order valence-corrected chi connectivity index (χ4v) is 3.65. The molecule has 11 heteroatoms. The zero-order chi connectivity index (χ0) is 26.0. The topological polar surface area (TPSA) is 148 Å². The highest BCUT2D eigenvalue weighted by Crippen LogP contribution is 2.27. The molecule has 0 unspecified atom stereocenters. The Hall–Kier alpha value is -3.89. The van der Waals surface area contributed by atoms with Gasteiger partial charge in [0, 0.05) is 24.0 Å². The molecule has 0 aliphatic rings. The molecule has 0 atom stereocenters. The van der Waals surface area contributed by atoms with Crippen LogP contribution >= 0.6 is 0 Å². The Bertz CT molecular complexity index is 1270. The third-order valence-corrected chi connectivity index (χ3v) is 4.98. The first-order valence-corrected chi connectivity index (χ1v) is 11.3. The third-order valence-electron chi connectivity index (χ3n) is 4.98. The highest BCUT2D eigenvalue weighted by atomic mass is 16.6. The molecule has 3 aromatic rings. The molecule has 2 heterocycles. The van der Waals surface area contributed by atoms with Crippen LogP contribution < -0.4 is 11.1 Å². The highest BCUT2D eigenvalue weighted by Gasteiger charge is 2.35. The molecule has 0 saturated carbocycles. The number of pyridine rings is 1. The molecule has 0 radical (unpaired) electrons. The summed E-state index contributed by atoms with van der Waals surface area (Å²) in [4.78, 5) is 38.9. The number of nitrogen functional groups attached to an aromatic ring is 1. The maximum Gasteiger partial charge on any atom is 0.417 e. The Morgan fingerprint density at radius 1 is 1.20 bits per heavy atom. The van der Waals surface area contributed by atoms with Gasteiger partial charge in [-0.25, -0.2) is 24.5 Å². The van der Waals surface area contributed by atoms with E-state index in [1.165, 1.54) is 4.90 Å². The van der Waals surface area contributed by atoms with Gasteiger partial charge in [0.25, 0.3) is 0 Å². The Balaban J connectivity index is 1.85. The number of nitrogens with two attached hydrogens (primary N) is 1. The van der Waals surface area contributed by atoms with Crippen LogP contribution in [0.15, 0.2) is 35.6 Å². The minimum Gasteiger partial charge on any atom is -0.465 e. The number of anilines is 1. The van der Waals surface area contributed by atoms with Gasteiger partial charge in [0.1, 0.15) is 11.1 Å². The Morgan fingerprint density at radius 3 is 2.51 bits per heavy atom. The number of carboxylic acid groups (broad SMARTS) is 1. The average Bonchev–Trinajstić information content (AvgIpc) is 3.13. The lowest BCUT2D eigenvalue weighted by Gasteiger charge is -2.36. The van der Waals surface area contributed by atoms with Crippen LogP contribution in [0.3, 0.4) is 0 Å². The predicted octanol–water partition coefficient (Wildman–Crippen LogP) is 4.22. The van der Waals surface area contributed by atoms with Crippen LogP contribution in [-0.4, -0.2) is 60.4 Å². The quantitative estimate of drug-likeness (QED) is 0.286. The summed E-state index contributed by atoms with van der Waals surface area (Å²) in [5.41, 5.74) is 6.85. The van der Waals surface area contributed by atoms with Crippen LogP contribution in [0.4, 0.5) is 15.4 Å². The Labute approximate surface area is 204 Å². The number of ether oxygens (including phenoxy) is 1. The number of para-hydroxylation sites is 1. The van der Waals surface area contributed by atoms with Crippen molar-refractivity contribution in [2.45, 2.75) is 65.6 Å². The first-order valence-electron chi connectivity index (χ1n) is 11.3. The summed E-state index contributed by atoms with van der Waals surface area (Å²) in [6.07, 6.45) is 0.250. The fourth-order valence-electron chi connectivity index (χ4n) is 3.65. The van der Waals surface area contributed by atoms with Crippen LogP contribution in [-0.2, 0) is 11.3 Å². The van der Waals surface area contributed by atoms with Crippen molar-refractivity contribution >= 4 is 45.9 Å². The molecule has 0 fully saturated rings. The van der Waals surface area contributed by atoms with Crippen molar-refractivity contribution in [3.63, 3.8) is 0 Å². The van der Waals surface area contributed by atoms with E-state index >= 15 is 0 Å². The molecule has 0 saturated heterocycles. The molecule has 188 valence electrons. The van der Waals surface area contributed by atoms with E-state index in [4.69, 9.17) is 10.5 Å². The van der Waals surface area contributed by atoms with Crippen LogP contribution in [0.25, 0.3) is 21.9 Å². The first kappa shape index (κ1) is 25.7. The molecule has 11 nitrogen and oxygen atoms in total. The fraction of sp³-hybridized carbons (Fsp3) is 0.458. The van der Waals surface area contributed by atoms with Crippen LogP contribution in [0.2, 0.25) is 0 Å². The number of aliphatic imine (C=N–C) groups is 1. The Kier molecular flexibility index (Phi) is 7.18. The number of hydrogen-bond donors (Lipinski definition) is 3. The van der Waals surface area contributed by atoms with E-state index in [9.17, 15) is 14.7 Å². The maximum atomic E-state index is 12.9. The Morgan fingerprint density at radius 2 is 1.89 bits per heavy atom. The number of amides is 2. The largest absolute Gasteiger partial charge is 0.465 e. The summed E-state index contributed by atoms with van der Waals surface area (Å²) in [5.74, 6) is 0.273. The van der Waals surface area contributed by atoms with Crippen molar-refractivity contribution in [1.82, 2.24) is 24.8 Å². The van der Waals surface area contributed by atoms with E-state index in [0.717, 1.165) is 16.4 Å². The summed E-state index contributed by atoms with van der Waals surface area (Å²) in [6, 6.07) is 7.70. The number of nitrogens with one attached hydrogen (secondary N) is 1. The van der Waals surface area contributed by atoms with Gasteiger partial charge >= 0.3 is 12.2 Å². The summed E-state index contributed by atoms with van der Waals surface area (Å²) in [7, 11) is 0. The van der Waals surface area contributed by atoms with E-state index in [-0.39, 0.29) is 12.5 Å². The second-order valence-electron chi connectivity index (χ2n) is 10.1. The number of rotatable bonds is 4. The zero-order valence-corrected chi connectivity index (χ0v) is 21.0. The monoisotopic (exact) mass is 483 g/mol. The number of aromatic nitrogens is 3. The molecule has 3 rings (SSSR count). The van der Waals surface area contributed by atoms with Gasteiger partial charge in [0.2, 0.25) is 5.96 Å². The summed E-state index contributed by atoms with van der Waals surface area (Å²) < 4.78 is 7.47. The number of imidazole rings is 1. The van der Waals surface area contributed by atoms with Gasteiger partial charge in [-0.1, -0.05) is 18.2 Å². The molecule has 2 amide bonds. The van der Waals surface area contributed by atoms with Crippen molar-refractivity contribution in [1.29, 1.82) is 0 Å². The number of guanidine groups is 1. The molecule has 0 spiro atoms. The molecular weight excluding hydrogens is 450 g/mol. The van der Waals surface area contributed by atoms with Crippen LogP contribution in [0.1, 0.15) is 48.0 Å². The molecule has 35 heavy (non-hydrogen) atoms. The summed E-state index contributed by atoms with van der Waals surface area (Å²) >= 11 is 0. The van der Waals surface area contributed by atoms with E-state index in [1.807, 2.05) is 28.8 Å². The van der Waals surface area contributed by atoms with Gasteiger partial charge in [-0.2, -0.15) is 0 Å². The van der Waals surface area contributed by atoms with Crippen molar-refractivity contribution in [3.05, 3.63) is 30.6 Å². The maximum absolute atomic E-state index is 12.9. The average molecular weight is 484 g/mol. The molecule has 1 aromatic carbocycles. The SMILES string of the molecule is CC(C)(C)OC(=O)N(C(=NCCCn1cnc2c(N)nc3ccccc3c21)NC(=O)O)C(C)(C)C. The number of aryl methyl sites for hydroxylation is 1.